The summed E-state index contributed by atoms with van der Waals surface area (Å²) >= 11 is 0. The molecule has 0 aromatic carbocycles. The zero-order valence-corrected chi connectivity index (χ0v) is 10.2. The molecule has 0 aliphatic carbocycles. The van der Waals surface area contributed by atoms with Gasteiger partial charge in [0.2, 0.25) is 0 Å². The molecule has 0 amide bonds. The molecule has 16 heavy (non-hydrogen) atoms. The van der Waals surface area contributed by atoms with E-state index in [9.17, 15) is 0 Å². The predicted octanol–water partition coefficient (Wildman–Crippen LogP) is 3.63. The highest BCUT2D eigenvalue weighted by Crippen LogP contribution is 2.22. The first-order valence-corrected chi connectivity index (χ1v) is 5.76. The number of allylic oxidation sites excluding steroid dienone is 1. The summed E-state index contributed by atoms with van der Waals surface area (Å²) in [6, 6.07) is 0.222. The van der Waals surface area contributed by atoms with Crippen molar-refractivity contribution in [2.75, 3.05) is 13.1 Å². The molecule has 1 aliphatic heterocycles. The van der Waals surface area contributed by atoms with Gasteiger partial charge in [0.15, 0.2) is 0 Å². The van der Waals surface area contributed by atoms with Gasteiger partial charge in [-0.25, -0.2) is 0 Å². The van der Waals surface area contributed by atoms with Crippen molar-refractivity contribution in [3.8, 4) is 0 Å². The molecule has 0 aromatic heterocycles. The van der Waals surface area contributed by atoms with Crippen LogP contribution in [0.4, 0.5) is 0 Å². The smallest absolute Gasteiger partial charge is 0.0370 e. The highest BCUT2D eigenvalue weighted by atomic mass is 15.2. The van der Waals surface area contributed by atoms with Crippen LogP contribution in [0, 0.1) is 0 Å². The van der Waals surface area contributed by atoms with E-state index >= 15 is 0 Å². The lowest BCUT2D eigenvalue weighted by molar-refractivity contribution is 0.189. The molecule has 0 bridgehead atoms. The average Bonchev–Trinajstić information content (AvgIpc) is 2.27. The van der Waals surface area contributed by atoms with E-state index in [1.54, 1.807) is 0 Å². The van der Waals surface area contributed by atoms with E-state index < -0.39 is 0 Å². The van der Waals surface area contributed by atoms with Crippen molar-refractivity contribution in [2.24, 2.45) is 5.11 Å². The highest BCUT2D eigenvalue weighted by molar-refractivity contribution is 5.07. The monoisotopic (exact) mass is 220 g/mol. The van der Waals surface area contributed by atoms with E-state index in [0.717, 1.165) is 19.5 Å². The Morgan fingerprint density at radius 3 is 2.94 bits per heavy atom. The largest absolute Gasteiger partial charge is 0.293 e. The molecule has 1 aliphatic rings. The SMILES string of the molecule is C=C(N=[N+]=[N-])C1CCCCN1CC=C(C)C. The zero-order chi connectivity index (χ0) is 12.0. The Labute approximate surface area is 97.3 Å². The second kappa shape index (κ2) is 6.36. The lowest BCUT2D eigenvalue weighted by atomic mass is 10.00. The molecule has 1 unspecified atom stereocenters. The summed E-state index contributed by atoms with van der Waals surface area (Å²) in [5.74, 6) is 0. The van der Waals surface area contributed by atoms with Gasteiger partial charge in [0.1, 0.15) is 0 Å². The molecule has 0 radical (unpaired) electrons. The fourth-order valence-electron chi connectivity index (χ4n) is 2.01. The van der Waals surface area contributed by atoms with Gasteiger partial charge >= 0.3 is 0 Å². The maximum absolute atomic E-state index is 8.44. The fraction of sp³-hybridized carbons (Fsp3) is 0.667. The molecule has 4 nitrogen and oxygen atoms in total. The summed E-state index contributed by atoms with van der Waals surface area (Å²) in [4.78, 5) is 5.16. The fourth-order valence-corrected chi connectivity index (χ4v) is 2.01. The first-order valence-electron chi connectivity index (χ1n) is 5.76. The number of hydrogen-bond acceptors (Lipinski definition) is 2. The molecule has 4 heteroatoms. The van der Waals surface area contributed by atoms with Crippen LogP contribution in [0.3, 0.4) is 0 Å². The van der Waals surface area contributed by atoms with Crippen molar-refractivity contribution in [3.63, 3.8) is 0 Å². The van der Waals surface area contributed by atoms with Gasteiger partial charge in [-0.15, -0.1) is 0 Å². The second-order valence-corrected chi connectivity index (χ2v) is 4.47. The molecule has 1 heterocycles. The molecule has 1 fully saturated rings. The molecule has 1 atom stereocenters. The van der Waals surface area contributed by atoms with E-state index in [0.29, 0.717) is 5.70 Å². The molecule has 88 valence electrons. The van der Waals surface area contributed by atoms with Crippen LogP contribution in [0.1, 0.15) is 33.1 Å². The summed E-state index contributed by atoms with van der Waals surface area (Å²) in [6.07, 6.45) is 5.67. The molecule has 1 saturated heterocycles. The third-order valence-electron chi connectivity index (χ3n) is 2.91. The highest BCUT2D eigenvalue weighted by Gasteiger charge is 2.22. The molecule has 1 rings (SSSR count). The quantitative estimate of drug-likeness (QED) is 0.309. The summed E-state index contributed by atoms with van der Waals surface area (Å²) < 4.78 is 0. The van der Waals surface area contributed by atoms with Crippen LogP contribution in [-0.4, -0.2) is 24.0 Å². The van der Waals surface area contributed by atoms with Gasteiger partial charge in [0.05, 0.1) is 0 Å². The average molecular weight is 220 g/mol. The molecular formula is C12H20N4. The Kier molecular flexibility index (Phi) is 5.09. The molecule has 0 spiro atoms. The summed E-state index contributed by atoms with van der Waals surface area (Å²) in [6.45, 7) is 10.0. The van der Waals surface area contributed by atoms with Crippen LogP contribution in [0.2, 0.25) is 0 Å². The van der Waals surface area contributed by atoms with E-state index in [1.807, 2.05) is 0 Å². The molecular weight excluding hydrogens is 200 g/mol. The maximum Gasteiger partial charge on any atom is 0.0370 e. The summed E-state index contributed by atoms with van der Waals surface area (Å²) in [5.41, 5.74) is 10.4. The minimum absolute atomic E-state index is 0.222. The number of likely N-dealkylation sites (tertiary alicyclic amines) is 1. The van der Waals surface area contributed by atoms with Crippen LogP contribution >= 0.6 is 0 Å². The van der Waals surface area contributed by atoms with Crippen LogP contribution in [0.25, 0.3) is 10.4 Å². The van der Waals surface area contributed by atoms with Gasteiger partial charge in [0.25, 0.3) is 0 Å². The van der Waals surface area contributed by atoms with Crippen molar-refractivity contribution < 1.29 is 0 Å². The number of azide groups is 1. The number of piperidine rings is 1. The Bertz CT molecular complexity index is 322. The van der Waals surface area contributed by atoms with Crippen molar-refractivity contribution in [1.82, 2.24) is 4.90 Å². The van der Waals surface area contributed by atoms with E-state index in [-0.39, 0.29) is 6.04 Å². The molecule has 0 aromatic rings. The van der Waals surface area contributed by atoms with Gasteiger partial charge < -0.3 is 0 Å². The van der Waals surface area contributed by atoms with Gasteiger partial charge in [-0.1, -0.05) is 29.8 Å². The Balaban J connectivity index is 2.67. The third kappa shape index (κ3) is 3.72. The van der Waals surface area contributed by atoms with E-state index in [4.69, 9.17) is 5.53 Å². The first-order chi connectivity index (χ1) is 7.65. The van der Waals surface area contributed by atoms with Crippen molar-refractivity contribution in [3.05, 3.63) is 34.4 Å². The topological polar surface area (TPSA) is 52.0 Å². The van der Waals surface area contributed by atoms with Gasteiger partial charge in [-0.2, -0.15) is 0 Å². The normalized spacial score (nSPS) is 21.0. The zero-order valence-electron chi connectivity index (χ0n) is 10.2. The number of rotatable bonds is 4. The number of hydrogen-bond donors (Lipinski definition) is 0. The Morgan fingerprint density at radius 2 is 2.31 bits per heavy atom. The van der Waals surface area contributed by atoms with Gasteiger partial charge in [0, 0.05) is 23.2 Å². The maximum atomic E-state index is 8.44. The standard InChI is InChI=1S/C12H20N4/c1-10(2)7-9-16-8-5-4-6-12(16)11(3)14-15-13/h7,12H,3-6,8-9H2,1-2H3. The van der Waals surface area contributed by atoms with Crippen LogP contribution in [0.5, 0.6) is 0 Å². The van der Waals surface area contributed by atoms with Gasteiger partial charge in [-0.3, -0.25) is 4.90 Å². The molecule has 0 saturated carbocycles. The van der Waals surface area contributed by atoms with Crippen LogP contribution in [0.15, 0.2) is 29.0 Å². The third-order valence-corrected chi connectivity index (χ3v) is 2.91. The lowest BCUT2D eigenvalue weighted by Gasteiger charge is -2.35. The van der Waals surface area contributed by atoms with E-state index in [1.165, 1.54) is 18.4 Å². The minimum Gasteiger partial charge on any atom is -0.293 e. The van der Waals surface area contributed by atoms with Crippen molar-refractivity contribution in [1.29, 1.82) is 0 Å². The van der Waals surface area contributed by atoms with Crippen LogP contribution in [-0.2, 0) is 0 Å². The number of nitrogens with zero attached hydrogens (tertiary/aromatic N) is 4. The lowest BCUT2D eigenvalue weighted by Crippen LogP contribution is -2.40. The Morgan fingerprint density at radius 1 is 1.56 bits per heavy atom. The van der Waals surface area contributed by atoms with Crippen molar-refractivity contribution in [2.45, 2.75) is 39.2 Å². The van der Waals surface area contributed by atoms with Gasteiger partial charge in [-0.05, 0) is 38.8 Å². The predicted molar refractivity (Wildman–Crippen MR) is 66.9 cm³/mol. The first kappa shape index (κ1) is 12.8. The van der Waals surface area contributed by atoms with E-state index in [2.05, 4.69) is 41.4 Å². The minimum atomic E-state index is 0.222. The van der Waals surface area contributed by atoms with Crippen molar-refractivity contribution >= 4 is 0 Å². The summed E-state index contributed by atoms with van der Waals surface area (Å²) in [7, 11) is 0. The van der Waals surface area contributed by atoms with Crippen LogP contribution < -0.4 is 0 Å². The molecule has 0 N–H and O–H groups in total. The summed E-state index contributed by atoms with van der Waals surface area (Å²) in [5, 5.41) is 3.65. The second-order valence-electron chi connectivity index (χ2n) is 4.47. The Hall–Kier alpha value is -1.25.